The van der Waals surface area contributed by atoms with E-state index in [1.807, 2.05) is 39.0 Å². The number of rotatable bonds is 8. The first kappa shape index (κ1) is 17.3. The van der Waals surface area contributed by atoms with Crippen LogP contribution in [0, 0.1) is 16.7 Å². The summed E-state index contributed by atoms with van der Waals surface area (Å²) in [4.78, 5) is 0. The lowest BCUT2D eigenvalue weighted by atomic mass is 9.90. The number of benzene rings is 1. The maximum atomic E-state index is 8.99. The first-order valence-corrected chi connectivity index (χ1v) is 7.34. The van der Waals surface area contributed by atoms with Gasteiger partial charge in [0.1, 0.15) is 0 Å². The maximum absolute atomic E-state index is 8.99. The van der Waals surface area contributed by atoms with Crippen molar-refractivity contribution in [2.45, 2.75) is 46.1 Å². The highest BCUT2D eigenvalue weighted by Crippen LogP contribution is 2.29. The van der Waals surface area contributed by atoms with E-state index in [2.05, 4.69) is 6.07 Å². The van der Waals surface area contributed by atoms with Crippen molar-refractivity contribution in [2.24, 2.45) is 11.1 Å². The van der Waals surface area contributed by atoms with Gasteiger partial charge in [0.2, 0.25) is 0 Å². The second-order valence-electron chi connectivity index (χ2n) is 6.11. The van der Waals surface area contributed by atoms with E-state index in [1.54, 1.807) is 7.11 Å². The van der Waals surface area contributed by atoms with Gasteiger partial charge in [-0.2, -0.15) is 5.26 Å². The lowest BCUT2D eigenvalue weighted by Crippen LogP contribution is -2.17. The van der Waals surface area contributed by atoms with Gasteiger partial charge in [-0.3, -0.25) is 0 Å². The van der Waals surface area contributed by atoms with Crippen molar-refractivity contribution in [2.75, 3.05) is 13.7 Å². The van der Waals surface area contributed by atoms with Crippen LogP contribution in [0.3, 0.4) is 0 Å². The fourth-order valence-corrected chi connectivity index (χ4v) is 2.08. The average molecular weight is 290 g/mol. The average Bonchev–Trinajstić information content (AvgIpc) is 2.43. The lowest BCUT2D eigenvalue weighted by molar-refractivity contribution is 0.269. The molecule has 0 saturated carbocycles. The van der Waals surface area contributed by atoms with Crippen LogP contribution in [0.25, 0.3) is 0 Å². The van der Waals surface area contributed by atoms with E-state index in [0.29, 0.717) is 6.61 Å². The smallest absolute Gasteiger partial charge is 0.161 e. The van der Waals surface area contributed by atoms with Crippen molar-refractivity contribution in [1.82, 2.24) is 0 Å². The number of hydrogen-bond acceptors (Lipinski definition) is 4. The van der Waals surface area contributed by atoms with Gasteiger partial charge in [-0.15, -0.1) is 0 Å². The lowest BCUT2D eigenvalue weighted by Gasteiger charge is -2.16. The molecule has 21 heavy (non-hydrogen) atoms. The molecule has 0 saturated heterocycles. The molecule has 0 aliphatic heterocycles. The Kier molecular flexibility index (Phi) is 6.51. The number of methoxy groups -OCH3 is 1. The van der Waals surface area contributed by atoms with Gasteiger partial charge in [-0.1, -0.05) is 6.07 Å². The van der Waals surface area contributed by atoms with Crippen LogP contribution in [0.2, 0.25) is 0 Å². The minimum absolute atomic E-state index is 0.114. The molecular formula is C17H26N2O2. The van der Waals surface area contributed by atoms with Gasteiger partial charge in [0.05, 0.1) is 25.2 Å². The molecule has 1 aromatic carbocycles. The summed E-state index contributed by atoms with van der Waals surface area (Å²) in [5.74, 6) is 1.47. The largest absolute Gasteiger partial charge is 0.493 e. The molecule has 0 amide bonds. The first-order chi connectivity index (χ1) is 9.88. The molecule has 1 rings (SSSR count). The number of nitrogens with two attached hydrogens (primary N) is 1. The number of hydrogen-bond donors (Lipinski definition) is 1. The summed E-state index contributed by atoms with van der Waals surface area (Å²) in [7, 11) is 1.63. The molecule has 0 heterocycles. The van der Waals surface area contributed by atoms with Crippen LogP contribution in [0.5, 0.6) is 11.5 Å². The van der Waals surface area contributed by atoms with Crippen LogP contribution in [-0.2, 0) is 6.42 Å². The van der Waals surface area contributed by atoms with Crippen LogP contribution in [0.4, 0.5) is 0 Å². The highest BCUT2D eigenvalue weighted by Gasteiger charge is 2.16. The van der Waals surface area contributed by atoms with E-state index in [-0.39, 0.29) is 11.5 Å². The standard InChI is InChI=1S/C17H26N2O2/c1-13(19)10-14-6-7-15(20-4)16(11-14)21-9-5-8-17(2,3)12-18/h6-7,11,13H,5,8-10,19H2,1-4H3. The summed E-state index contributed by atoms with van der Waals surface area (Å²) >= 11 is 0. The molecule has 0 aliphatic carbocycles. The monoisotopic (exact) mass is 290 g/mol. The van der Waals surface area contributed by atoms with Gasteiger partial charge >= 0.3 is 0 Å². The van der Waals surface area contributed by atoms with Crippen LogP contribution in [0.15, 0.2) is 18.2 Å². The third-order valence-electron chi connectivity index (χ3n) is 3.29. The van der Waals surface area contributed by atoms with E-state index in [1.165, 1.54) is 0 Å². The van der Waals surface area contributed by atoms with Crippen LogP contribution in [-0.4, -0.2) is 19.8 Å². The molecule has 4 nitrogen and oxygen atoms in total. The summed E-state index contributed by atoms with van der Waals surface area (Å²) in [5.41, 5.74) is 6.66. The topological polar surface area (TPSA) is 68.3 Å². The molecule has 1 aromatic rings. The SMILES string of the molecule is COc1ccc(CC(C)N)cc1OCCCC(C)(C)C#N. The van der Waals surface area contributed by atoms with E-state index >= 15 is 0 Å². The molecule has 0 aromatic heterocycles. The molecule has 2 N–H and O–H groups in total. The van der Waals surface area contributed by atoms with Crippen molar-refractivity contribution in [3.05, 3.63) is 23.8 Å². The summed E-state index contributed by atoms with van der Waals surface area (Å²) in [6, 6.07) is 8.31. The second-order valence-corrected chi connectivity index (χ2v) is 6.11. The molecule has 4 heteroatoms. The van der Waals surface area contributed by atoms with Gasteiger partial charge in [-0.25, -0.2) is 0 Å². The zero-order valence-electron chi connectivity index (χ0n) is 13.5. The number of ether oxygens (including phenoxy) is 2. The zero-order chi connectivity index (χ0) is 15.9. The van der Waals surface area contributed by atoms with Crippen molar-refractivity contribution in [1.29, 1.82) is 5.26 Å². The molecule has 0 bridgehead atoms. The zero-order valence-corrected chi connectivity index (χ0v) is 13.5. The highest BCUT2D eigenvalue weighted by molar-refractivity contribution is 5.43. The van der Waals surface area contributed by atoms with Crippen LogP contribution in [0.1, 0.15) is 39.2 Å². The molecule has 116 valence electrons. The van der Waals surface area contributed by atoms with E-state index < -0.39 is 0 Å². The molecule has 1 atom stereocenters. The quantitative estimate of drug-likeness (QED) is 0.746. The Hall–Kier alpha value is -1.73. The number of nitrogens with zero attached hydrogens (tertiary/aromatic N) is 1. The Bertz CT molecular complexity index is 490. The van der Waals surface area contributed by atoms with Gasteiger partial charge in [0.15, 0.2) is 11.5 Å². The van der Waals surface area contributed by atoms with Gasteiger partial charge in [0.25, 0.3) is 0 Å². The molecular weight excluding hydrogens is 264 g/mol. The van der Waals surface area contributed by atoms with Crippen molar-refractivity contribution < 1.29 is 9.47 Å². The minimum atomic E-state index is -0.301. The predicted octanol–water partition coefficient (Wildman–Crippen LogP) is 3.29. The maximum Gasteiger partial charge on any atom is 0.161 e. The Balaban J connectivity index is 2.62. The predicted molar refractivity (Wildman–Crippen MR) is 84.5 cm³/mol. The molecule has 1 unspecified atom stereocenters. The van der Waals surface area contributed by atoms with Crippen LogP contribution < -0.4 is 15.2 Å². The van der Waals surface area contributed by atoms with E-state index in [4.69, 9.17) is 20.5 Å². The summed E-state index contributed by atoms with van der Waals surface area (Å²) < 4.78 is 11.1. The van der Waals surface area contributed by atoms with Crippen LogP contribution >= 0.6 is 0 Å². The summed E-state index contributed by atoms with van der Waals surface area (Å²) in [5, 5.41) is 8.99. The highest BCUT2D eigenvalue weighted by atomic mass is 16.5. The fraction of sp³-hybridized carbons (Fsp3) is 0.588. The molecule has 0 radical (unpaired) electrons. The van der Waals surface area contributed by atoms with Crippen molar-refractivity contribution in [3.8, 4) is 17.6 Å². The third-order valence-corrected chi connectivity index (χ3v) is 3.29. The van der Waals surface area contributed by atoms with Crippen molar-refractivity contribution in [3.63, 3.8) is 0 Å². The Morgan fingerprint density at radius 2 is 2.05 bits per heavy atom. The van der Waals surface area contributed by atoms with Gasteiger partial charge < -0.3 is 15.2 Å². The molecule has 0 aliphatic rings. The van der Waals surface area contributed by atoms with E-state index in [9.17, 15) is 0 Å². The first-order valence-electron chi connectivity index (χ1n) is 7.34. The normalized spacial score (nSPS) is 12.6. The Labute approximate surface area is 127 Å². The fourth-order valence-electron chi connectivity index (χ4n) is 2.08. The van der Waals surface area contributed by atoms with Gasteiger partial charge in [0, 0.05) is 6.04 Å². The summed E-state index contributed by atoms with van der Waals surface area (Å²) in [6.45, 7) is 6.44. The van der Waals surface area contributed by atoms with E-state index in [0.717, 1.165) is 36.3 Å². The molecule has 0 fully saturated rings. The number of nitriles is 1. The Morgan fingerprint density at radius 3 is 2.62 bits per heavy atom. The van der Waals surface area contributed by atoms with Gasteiger partial charge in [-0.05, 0) is 57.7 Å². The minimum Gasteiger partial charge on any atom is -0.493 e. The summed E-state index contributed by atoms with van der Waals surface area (Å²) in [6.07, 6.45) is 2.45. The Morgan fingerprint density at radius 1 is 1.33 bits per heavy atom. The molecule has 0 spiro atoms. The van der Waals surface area contributed by atoms with Crippen molar-refractivity contribution >= 4 is 0 Å². The second kappa shape index (κ2) is 7.90. The third kappa shape index (κ3) is 6.05.